The maximum absolute atomic E-state index is 12.0. The van der Waals surface area contributed by atoms with Crippen LogP contribution in [-0.4, -0.2) is 23.0 Å². The Kier molecular flexibility index (Phi) is 6.91. The van der Waals surface area contributed by atoms with Crippen molar-refractivity contribution in [1.82, 2.24) is 5.48 Å². The average Bonchev–Trinajstić information content (AvgIpc) is 2.33. The number of nitrogens with one attached hydrogen (secondary N) is 1. The van der Waals surface area contributed by atoms with Gasteiger partial charge in [0.05, 0.1) is 11.1 Å². The van der Waals surface area contributed by atoms with Gasteiger partial charge in [0, 0.05) is 22.1 Å². The van der Waals surface area contributed by atoms with Crippen LogP contribution >= 0.6 is 83.7 Å². The first kappa shape index (κ1) is 18.3. The summed E-state index contributed by atoms with van der Waals surface area (Å²) < 4.78 is 1.74. The summed E-state index contributed by atoms with van der Waals surface area (Å²) in [6, 6.07) is 0. The zero-order chi connectivity index (χ0) is 15.6. The predicted molar refractivity (Wildman–Crippen MR) is 98.5 cm³/mol. The Morgan fingerprint density at radius 2 is 1.60 bits per heavy atom. The molecule has 6 nitrogen and oxygen atoms in total. The smallest absolute Gasteiger partial charge is 0.365 e. The monoisotopic (exact) mass is 679 g/mol. The molecule has 0 fully saturated rings. The summed E-state index contributed by atoms with van der Waals surface area (Å²) in [5, 5.41) is 9.23. The van der Waals surface area contributed by atoms with Gasteiger partial charge in [-0.05, 0) is 83.7 Å². The molecule has 0 atom stereocenters. The number of hydrogen-bond acceptors (Lipinski definition) is 4. The number of halogens is 4. The van der Waals surface area contributed by atoms with Crippen molar-refractivity contribution < 1.29 is 24.3 Å². The molecule has 20 heavy (non-hydrogen) atoms. The molecule has 0 aliphatic carbocycles. The minimum absolute atomic E-state index is 0.00765. The van der Waals surface area contributed by atoms with Gasteiger partial charge in [0.2, 0.25) is 5.91 Å². The van der Waals surface area contributed by atoms with E-state index in [1.165, 1.54) is 6.92 Å². The van der Waals surface area contributed by atoms with E-state index < -0.39 is 17.8 Å². The van der Waals surface area contributed by atoms with Crippen molar-refractivity contribution in [3.63, 3.8) is 0 Å². The second-order valence-corrected chi connectivity index (χ2v) is 7.39. The van der Waals surface area contributed by atoms with Crippen LogP contribution in [0.4, 0.5) is 0 Å². The van der Waals surface area contributed by atoms with Crippen molar-refractivity contribution in [2.45, 2.75) is 6.92 Å². The quantitative estimate of drug-likeness (QED) is 0.217. The molecule has 0 saturated carbocycles. The van der Waals surface area contributed by atoms with Crippen molar-refractivity contribution in [3.8, 4) is 0 Å². The molecule has 10 heteroatoms. The topological polar surface area (TPSA) is 92.7 Å². The molecule has 108 valence electrons. The molecule has 1 aromatic rings. The lowest BCUT2D eigenvalue weighted by Gasteiger charge is -2.13. The van der Waals surface area contributed by atoms with Crippen LogP contribution in [0.5, 0.6) is 0 Å². The molecular formula is C10H5BrI3NO5. The van der Waals surface area contributed by atoms with Crippen molar-refractivity contribution in [2.75, 3.05) is 0 Å². The van der Waals surface area contributed by atoms with E-state index in [1.807, 2.05) is 50.7 Å². The molecule has 0 radical (unpaired) electrons. The Bertz CT molecular complexity index is 620. The normalized spacial score (nSPS) is 10.1. The fraction of sp³-hybridized carbons (Fsp3) is 0.100. The Morgan fingerprint density at radius 3 is 2.05 bits per heavy atom. The number of carboxylic acid groups (broad SMARTS) is 1. The van der Waals surface area contributed by atoms with Crippen LogP contribution < -0.4 is 5.48 Å². The van der Waals surface area contributed by atoms with Crippen molar-refractivity contribution in [1.29, 1.82) is 0 Å². The summed E-state index contributed by atoms with van der Waals surface area (Å²) >= 11 is 8.82. The van der Waals surface area contributed by atoms with Gasteiger partial charge in [-0.15, -0.1) is 0 Å². The maximum atomic E-state index is 12.0. The van der Waals surface area contributed by atoms with Crippen molar-refractivity contribution in [2.24, 2.45) is 0 Å². The van der Waals surface area contributed by atoms with Crippen LogP contribution in [0.3, 0.4) is 0 Å². The molecule has 0 unspecified atom stereocenters. The van der Waals surface area contributed by atoms with E-state index in [4.69, 9.17) is 0 Å². The van der Waals surface area contributed by atoms with Crippen LogP contribution in [0.15, 0.2) is 4.47 Å². The van der Waals surface area contributed by atoms with Gasteiger partial charge < -0.3 is 9.94 Å². The molecule has 0 heterocycles. The van der Waals surface area contributed by atoms with E-state index in [0.717, 1.165) is 0 Å². The first-order chi connectivity index (χ1) is 9.18. The van der Waals surface area contributed by atoms with Crippen molar-refractivity contribution in [3.05, 3.63) is 26.3 Å². The molecule has 1 aromatic carbocycles. The van der Waals surface area contributed by atoms with E-state index in [-0.39, 0.29) is 14.7 Å². The Balaban J connectivity index is 3.43. The van der Waals surface area contributed by atoms with Gasteiger partial charge >= 0.3 is 11.9 Å². The standard InChI is InChI=1S/C10H5BrI3NO5/c1-2(16)15-20-10(19)4-6(12)3(9(17)18)7(13)5(11)8(4)14/h1H3,(H,15,16)(H,17,18). The van der Waals surface area contributed by atoms with Gasteiger partial charge in [0.25, 0.3) is 0 Å². The molecule has 0 bridgehead atoms. The number of hydrogen-bond donors (Lipinski definition) is 2. The molecule has 0 saturated heterocycles. The molecule has 1 amide bonds. The van der Waals surface area contributed by atoms with Gasteiger partial charge in [-0.1, -0.05) is 0 Å². The fourth-order valence-electron chi connectivity index (χ4n) is 1.17. The third-order valence-electron chi connectivity index (χ3n) is 1.97. The first-order valence-electron chi connectivity index (χ1n) is 4.75. The summed E-state index contributed by atoms with van der Waals surface area (Å²) in [6.07, 6.45) is 0. The van der Waals surface area contributed by atoms with Crippen molar-refractivity contribution >= 4 is 102 Å². The highest BCUT2D eigenvalue weighted by molar-refractivity contribution is 14.1. The highest BCUT2D eigenvalue weighted by Gasteiger charge is 2.27. The lowest BCUT2D eigenvalue weighted by Crippen LogP contribution is -2.26. The fourth-order valence-corrected chi connectivity index (χ4v) is 5.63. The second-order valence-electron chi connectivity index (χ2n) is 3.36. The number of carboxylic acids is 1. The second kappa shape index (κ2) is 7.53. The van der Waals surface area contributed by atoms with E-state index >= 15 is 0 Å². The SMILES string of the molecule is CC(=O)NOC(=O)c1c(I)c(Br)c(I)c(C(=O)O)c1I. The molecular weight excluding hydrogens is 675 g/mol. The van der Waals surface area contributed by atoms with E-state index in [0.29, 0.717) is 11.6 Å². The van der Waals surface area contributed by atoms with Crippen LogP contribution in [0.25, 0.3) is 0 Å². The zero-order valence-corrected chi connectivity index (χ0v) is 17.7. The van der Waals surface area contributed by atoms with Gasteiger partial charge in [0.1, 0.15) is 0 Å². The number of carbonyl (C=O) groups is 3. The number of rotatable bonds is 2. The Morgan fingerprint density at radius 1 is 1.10 bits per heavy atom. The molecule has 0 spiro atoms. The van der Waals surface area contributed by atoms with Gasteiger partial charge in [-0.3, -0.25) is 4.79 Å². The van der Waals surface area contributed by atoms with Gasteiger partial charge in [-0.25, -0.2) is 9.59 Å². The summed E-state index contributed by atoms with van der Waals surface area (Å²) in [5.41, 5.74) is 2.02. The largest absolute Gasteiger partial charge is 0.478 e. The maximum Gasteiger partial charge on any atom is 0.365 e. The number of amides is 1. The van der Waals surface area contributed by atoms with E-state index in [1.54, 1.807) is 22.6 Å². The Labute approximate surface area is 162 Å². The van der Waals surface area contributed by atoms with Crippen LogP contribution in [0, 0.1) is 10.7 Å². The lowest BCUT2D eigenvalue weighted by molar-refractivity contribution is -0.127. The van der Waals surface area contributed by atoms with Gasteiger partial charge in [-0.2, -0.15) is 5.48 Å². The highest BCUT2D eigenvalue weighted by atomic mass is 127. The summed E-state index contributed by atoms with van der Waals surface area (Å²) in [7, 11) is 0. The molecule has 0 aromatic heterocycles. The number of carbonyl (C=O) groups excluding carboxylic acids is 2. The summed E-state index contributed by atoms with van der Waals surface area (Å²) in [6.45, 7) is 1.19. The lowest BCUT2D eigenvalue weighted by atomic mass is 10.1. The molecule has 0 aliphatic rings. The number of hydroxylamine groups is 1. The highest BCUT2D eigenvalue weighted by Crippen LogP contribution is 2.35. The molecule has 0 aliphatic heterocycles. The zero-order valence-electron chi connectivity index (χ0n) is 9.59. The van der Waals surface area contributed by atoms with E-state index in [9.17, 15) is 19.5 Å². The predicted octanol–water partition coefficient (Wildman–Crippen LogP) is 3.17. The first-order valence-corrected chi connectivity index (χ1v) is 8.78. The number of aromatic carboxylic acids is 1. The molecule has 2 N–H and O–H groups in total. The van der Waals surface area contributed by atoms with Crippen LogP contribution in [-0.2, 0) is 9.63 Å². The minimum atomic E-state index is -1.15. The number of benzene rings is 1. The van der Waals surface area contributed by atoms with Crippen LogP contribution in [0.2, 0.25) is 0 Å². The average molecular weight is 680 g/mol. The van der Waals surface area contributed by atoms with Crippen LogP contribution in [0.1, 0.15) is 27.6 Å². The third kappa shape index (κ3) is 3.94. The minimum Gasteiger partial charge on any atom is -0.478 e. The summed E-state index contributed by atoms with van der Waals surface area (Å²) in [4.78, 5) is 38.6. The Hall–Kier alpha value is 0.300. The summed E-state index contributed by atoms with van der Waals surface area (Å²) in [5.74, 6) is -2.51. The molecule has 1 rings (SSSR count). The van der Waals surface area contributed by atoms with E-state index in [2.05, 4.69) is 20.8 Å². The van der Waals surface area contributed by atoms with Gasteiger partial charge in [0.15, 0.2) is 0 Å². The third-order valence-corrected chi connectivity index (χ3v) is 7.48.